The fraction of sp³-hybridized carbons (Fsp3) is 0.255. The second kappa shape index (κ2) is 19.4. The number of hydrogen-bond acceptors (Lipinski definition) is 10. The molecular weight excluding hydrogens is 761 g/mol. The monoisotopic (exact) mass is 814 g/mol. The van der Waals surface area contributed by atoms with E-state index in [1.807, 2.05) is 100 Å². The van der Waals surface area contributed by atoms with E-state index in [0.717, 1.165) is 97.0 Å². The Bertz CT molecular complexity index is 2440. The van der Waals surface area contributed by atoms with Crippen LogP contribution in [-0.2, 0) is 6.42 Å². The molecule has 0 aliphatic carbocycles. The van der Waals surface area contributed by atoms with Crippen LogP contribution in [0.25, 0.3) is 0 Å². The van der Waals surface area contributed by atoms with Crippen LogP contribution in [0, 0.1) is 27.7 Å². The summed E-state index contributed by atoms with van der Waals surface area (Å²) in [5, 5.41) is 0. The van der Waals surface area contributed by atoms with Crippen LogP contribution >= 0.6 is 0 Å². The molecular formula is C51H54N6O4. The Morgan fingerprint density at radius 1 is 0.410 bits per heavy atom. The number of benzene rings is 4. The molecule has 312 valence electrons. The predicted octanol–water partition coefficient (Wildman–Crippen LogP) is 11.9. The number of ether oxygens (including phenoxy) is 4. The second-order valence-corrected chi connectivity index (χ2v) is 15.1. The summed E-state index contributed by atoms with van der Waals surface area (Å²) in [4.78, 5) is 29.6. The molecule has 6 aromatic rings. The lowest BCUT2D eigenvalue weighted by Gasteiger charge is -2.13. The summed E-state index contributed by atoms with van der Waals surface area (Å²) >= 11 is 0. The van der Waals surface area contributed by atoms with Gasteiger partial charge in [0.15, 0.2) is 0 Å². The van der Waals surface area contributed by atoms with E-state index in [9.17, 15) is 0 Å². The van der Waals surface area contributed by atoms with Crippen molar-refractivity contribution in [1.29, 1.82) is 0 Å². The minimum atomic E-state index is 0.675. The highest BCUT2D eigenvalue weighted by Gasteiger charge is 2.13. The molecule has 0 saturated heterocycles. The van der Waals surface area contributed by atoms with E-state index >= 15 is 0 Å². The summed E-state index contributed by atoms with van der Waals surface area (Å²) in [6, 6.07) is 31.9. The van der Waals surface area contributed by atoms with E-state index in [4.69, 9.17) is 48.9 Å². The van der Waals surface area contributed by atoms with E-state index in [-0.39, 0.29) is 0 Å². The van der Waals surface area contributed by atoms with Crippen LogP contribution in [0.3, 0.4) is 0 Å². The Labute approximate surface area is 359 Å². The molecule has 0 radical (unpaired) electrons. The molecule has 0 saturated carbocycles. The van der Waals surface area contributed by atoms with E-state index in [2.05, 4.69) is 52.0 Å². The lowest BCUT2D eigenvalue weighted by atomic mass is 9.96. The Balaban J connectivity index is 1.18. The van der Waals surface area contributed by atoms with Crippen LogP contribution in [0.1, 0.15) is 83.9 Å². The van der Waals surface area contributed by atoms with Crippen molar-refractivity contribution < 1.29 is 18.9 Å². The van der Waals surface area contributed by atoms with Gasteiger partial charge in [-0.3, -0.25) is 20.0 Å². The molecule has 0 fully saturated rings. The molecule has 2 heterocycles. The third-order valence-corrected chi connectivity index (χ3v) is 10.3. The molecule has 10 heteroatoms. The van der Waals surface area contributed by atoms with E-state index in [0.29, 0.717) is 23.0 Å². The third-order valence-electron chi connectivity index (χ3n) is 10.3. The van der Waals surface area contributed by atoms with Gasteiger partial charge in [0.2, 0.25) is 0 Å². The molecule has 6 rings (SSSR count). The Morgan fingerprint density at radius 2 is 0.689 bits per heavy atom. The fourth-order valence-electron chi connectivity index (χ4n) is 7.22. The van der Waals surface area contributed by atoms with E-state index < -0.39 is 0 Å². The van der Waals surface area contributed by atoms with Gasteiger partial charge in [0.1, 0.15) is 23.0 Å². The van der Waals surface area contributed by atoms with Gasteiger partial charge >= 0.3 is 0 Å². The Morgan fingerprint density at radius 3 is 0.967 bits per heavy atom. The number of aromatic nitrogens is 2. The standard InChI is InChI=1S/C51H54N6O4/c1-30-19-38(20-31(2)50(30)54-36(7)48-17-13-15-46(56-48)34(5)52-40-24-42(58-9)28-43(25-40)59-10)23-39-21-32(3)51(33(4)22-39)55-37(8)49-18-14-16-47(57-49)35(6)53-41-26-44(60-11)29-45(27-41)61-12/h13-22,24-29H,23H2,1-12H3. The molecule has 0 bridgehead atoms. The summed E-state index contributed by atoms with van der Waals surface area (Å²) < 4.78 is 21.7. The maximum absolute atomic E-state index is 5.42. The van der Waals surface area contributed by atoms with Gasteiger partial charge in [-0.2, -0.15) is 0 Å². The molecule has 0 aliphatic rings. The summed E-state index contributed by atoms with van der Waals surface area (Å²) in [6.07, 6.45) is 0.790. The van der Waals surface area contributed by atoms with Gasteiger partial charge in [-0.1, -0.05) is 36.4 Å². The zero-order valence-electron chi connectivity index (χ0n) is 37.3. The molecule has 2 aromatic heterocycles. The molecule has 10 nitrogen and oxygen atoms in total. The molecule has 0 atom stereocenters. The Hall–Kier alpha value is -6.94. The van der Waals surface area contributed by atoms with Crippen LogP contribution in [0.5, 0.6) is 23.0 Å². The number of nitrogens with zero attached hydrogens (tertiary/aromatic N) is 6. The average molecular weight is 815 g/mol. The summed E-state index contributed by atoms with van der Waals surface area (Å²) in [5.74, 6) is 2.70. The van der Waals surface area contributed by atoms with Gasteiger partial charge in [0, 0.05) is 36.4 Å². The highest BCUT2D eigenvalue weighted by Crippen LogP contribution is 2.32. The molecule has 0 unspecified atom stereocenters. The van der Waals surface area contributed by atoms with Crippen molar-refractivity contribution in [2.24, 2.45) is 20.0 Å². The maximum Gasteiger partial charge on any atom is 0.124 e. The van der Waals surface area contributed by atoms with Crippen LogP contribution < -0.4 is 18.9 Å². The summed E-state index contributed by atoms with van der Waals surface area (Å²) in [5.41, 5.74) is 16.6. The van der Waals surface area contributed by atoms with Gasteiger partial charge in [-0.05, 0) is 119 Å². The normalized spacial score (nSPS) is 12.4. The molecule has 0 spiro atoms. The van der Waals surface area contributed by atoms with Crippen molar-refractivity contribution in [2.75, 3.05) is 28.4 Å². The fourth-order valence-corrected chi connectivity index (χ4v) is 7.22. The lowest BCUT2D eigenvalue weighted by Crippen LogP contribution is -2.05. The number of aliphatic imine (C=N–C) groups is 4. The van der Waals surface area contributed by atoms with Crippen LogP contribution in [0.15, 0.2) is 117 Å². The largest absolute Gasteiger partial charge is 0.497 e. The highest BCUT2D eigenvalue weighted by atomic mass is 16.5. The minimum Gasteiger partial charge on any atom is -0.497 e. The first kappa shape index (κ1) is 43.6. The van der Waals surface area contributed by atoms with Crippen molar-refractivity contribution in [3.8, 4) is 23.0 Å². The summed E-state index contributed by atoms with van der Waals surface area (Å²) in [7, 11) is 6.50. The van der Waals surface area contributed by atoms with Crippen LogP contribution in [0.4, 0.5) is 22.7 Å². The number of hydrogen-bond donors (Lipinski definition) is 0. The van der Waals surface area contributed by atoms with Gasteiger partial charge in [-0.15, -0.1) is 0 Å². The van der Waals surface area contributed by atoms with Crippen molar-refractivity contribution in [3.05, 3.63) is 153 Å². The minimum absolute atomic E-state index is 0.675. The SMILES string of the molecule is COc1cc(N=C(C)c2cccc(C(C)=Nc3c(C)cc(Cc4cc(C)c(N=C(C)c5cccc(C(C)=Nc6cc(OC)cc(OC)c6)n5)c(C)c4)cc3C)n2)cc(OC)c1. The van der Waals surface area contributed by atoms with Crippen molar-refractivity contribution in [2.45, 2.75) is 61.8 Å². The maximum atomic E-state index is 5.42. The van der Waals surface area contributed by atoms with Crippen molar-refractivity contribution in [1.82, 2.24) is 9.97 Å². The summed E-state index contributed by atoms with van der Waals surface area (Å²) in [6.45, 7) is 16.4. The molecule has 4 aromatic carbocycles. The molecule has 0 amide bonds. The van der Waals surface area contributed by atoms with Gasteiger partial charge in [0.05, 0.1) is 96.8 Å². The molecule has 61 heavy (non-hydrogen) atoms. The van der Waals surface area contributed by atoms with Crippen LogP contribution in [0.2, 0.25) is 0 Å². The van der Waals surface area contributed by atoms with E-state index in [1.54, 1.807) is 28.4 Å². The van der Waals surface area contributed by atoms with E-state index in [1.165, 1.54) is 11.1 Å². The Kier molecular flexibility index (Phi) is 13.9. The second-order valence-electron chi connectivity index (χ2n) is 15.1. The van der Waals surface area contributed by atoms with Crippen molar-refractivity contribution >= 4 is 45.6 Å². The quantitative estimate of drug-likeness (QED) is 0.101. The zero-order valence-corrected chi connectivity index (χ0v) is 37.3. The lowest BCUT2D eigenvalue weighted by molar-refractivity contribution is 0.394. The van der Waals surface area contributed by atoms with Gasteiger partial charge in [0.25, 0.3) is 0 Å². The van der Waals surface area contributed by atoms with Crippen molar-refractivity contribution in [3.63, 3.8) is 0 Å². The third kappa shape index (κ3) is 10.8. The first-order valence-corrected chi connectivity index (χ1v) is 20.1. The number of methoxy groups -OCH3 is 4. The number of pyridine rings is 2. The van der Waals surface area contributed by atoms with Crippen LogP contribution in [-0.4, -0.2) is 61.3 Å². The van der Waals surface area contributed by atoms with Gasteiger partial charge < -0.3 is 18.9 Å². The average Bonchev–Trinajstić information content (AvgIpc) is 3.25. The predicted molar refractivity (Wildman–Crippen MR) is 250 cm³/mol. The number of aryl methyl sites for hydroxylation is 4. The zero-order chi connectivity index (χ0) is 43.8. The van der Waals surface area contributed by atoms with Gasteiger partial charge in [-0.25, -0.2) is 9.97 Å². The topological polar surface area (TPSA) is 112 Å². The first-order valence-electron chi connectivity index (χ1n) is 20.1. The number of rotatable bonds is 14. The smallest absolute Gasteiger partial charge is 0.124 e. The first-order chi connectivity index (χ1) is 29.3. The molecule has 0 aliphatic heterocycles. The highest BCUT2D eigenvalue weighted by molar-refractivity contribution is 6.03. The molecule has 0 N–H and O–H groups in total.